The summed E-state index contributed by atoms with van der Waals surface area (Å²) in [6.45, 7) is 4.34. The van der Waals surface area contributed by atoms with Crippen LogP contribution in [0.2, 0.25) is 0 Å². The number of rotatable bonds is 46. The van der Waals surface area contributed by atoms with Gasteiger partial charge in [0.25, 0.3) is 0 Å². The maximum absolute atomic E-state index is 13.6. The Hall–Kier alpha value is -6.65. The van der Waals surface area contributed by atoms with Gasteiger partial charge in [-0.2, -0.15) is 0 Å². The lowest BCUT2D eigenvalue weighted by molar-refractivity contribution is -0.143. The maximum atomic E-state index is 13.6. The van der Waals surface area contributed by atoms with Crippen molar-refractivity contribution in [3.05, 3.63) is 95.6 Å². The van der Waals surface area contributed by atoms with Gasteiger partial charge in [-0.05, 0) is 27.8 Å². The van der Waals surface area contributed by atoms with Gasteiger partial charge in [-0.25, -0.2) is 9.59 Å². The Morgan fingerprint density at radius 1 is 0.500 bits per heavy atom. The number of ether oxygens (including phenoxy) is 11. The minimum Gasteiger partial charge on any atom is -0.480 e. The Morgan fingerprint density at radius 3 is 1.49 bits per heavy atom. The van der Waals surface area contributed by atoms with Crippen LogP contribution in [0.15, 0.2) is 78.9 Å². The third-order valence-corrected chi connectivity index (χ3v) is 11.6. The maximum Gasteiger partial charge on any atom is 0.409 e. The second-order valence-electron chi connectivity index (χ2n) is 17.5. The predicted octanol–water partition coefficient (Wildman–Crippen LogP) is 0.658. The Balaban J connectivity index is 1.10. The van der Waals surface area contributed by atoms with Gasteiger partial charge in [0.1, 0.15) is 26.0 Å². The number of hydrogen-bond acceptors (Lipinski definition) is 18. The van der Waals surface area contributed by atoms with E-state index >= 15 is 0 Å². The minimum atomic E-state index is -1.22. The highest BCUT2D eigenvalue weighted by Crippen LogP contribution is 2.44. The van der Waals surface area contributed by atoms with Crippen LogP contribution in [0, 0.1) is 0 Å². The van der Waals surface area contributed by atoms with E-state index in [2.05, 4.69) is 38.7 Å². The van der Waals surface area contributed by atoms with Crippen LogP contribution in [0.4, 0.5) is 4.79 Å². The summed E-state index contributed by atoms with van der Waals surface area (Å²) in [5, 5.41) is 20.8. The van der Waals surface area contributed by atoms with Crippen LogP contribution >= 0.6 is 0 Å². The first-order chi connectivity index (χ1) is 39.0. The lowest BCUT2D eigenvalue weighted by atomic mass is 9.98. The van der Waals surface area contributed by atoms with E-state index in [9.17, 15) is 33.6 Å². The largest absolute Gasteiger partial charge is 0.480 e. The zero-order valence-electron chi connectivity index (χ0n) is 45.5. The zero-order chi connectivity index (χ0) is 57.3. The number of aliphatic carboxylic acids is 1. The topological polar surface area (TPSA) is 305 Å². The van der Waals surface area contributed by atoms with Crippen molar-refractivity contribution in [2.45, 2.75) is 24.8 Å². The van der Waals surface area contributed by atoms with Crippen molar-refractivity contribution in [3.63, 3.8) is 0 Å². The lowest BCUT2D eigenvalue weighted by Gasteiger charge is -2.23. The zero-order valence-corrected chi connectivity index (χ0v) is 45.5. The standard InChI is InChI=1S/C55H78N6O19/c1-70-21-22-73-25-26-75-29-30-77-33-34-78-32-31-76-28-27-74-24-23-72-20-17-61(55(69)80-39-47-45-13-7-5-11-43(45)44-12-6-8-14-46(44)47)16-19-71-18-15-49(62)56-36-50(63)57-38-52(65)60-48(35-42-9-3-2-4-10-42)54(68)58-37-51(64)59-41-79-40-53(66)67/h2-14,47-48H,15-41H2,1H3,(H,56,62)(H,57,63)(H,58,68)(H,59,64)(H,60,65)(H,66,67)/t48-/m0/s1. The SMILES string of the molecule is COCCOCCOCCOCCOCCOCCOCCOCCN(CCOCCC(=O)NCC(=O)NCC(=O)N[C@@H](Cc1ccccc1)C(=O)NCC(=O)NCOCC(=O)O)C(=O)OCC1c2ccccc2-c2ccccc21. The molecule has 1 aliphatic rings. The normalized spacial score (nSPS) is 12.0. The third-order valence-electron chi connectivity index (χ3n) is 11.6. The monoisotopic (exact) mass is 1130 g/mol. The molecule has 80 heavy (non-hydrogen) atoms. The molecule has 1 atom stereocenters. The average Bonchev–Trinajstić information content (AvgIpc) is 3.80. The molecule has 6 N–H and O–H groups in total. The van der Waals surface area contributed by atoms with Crippen LogP contribution in [-0.4, -0.2) is 230 Å². The highest BCUT2D eigenvalue weighted by molar-refractivity contribution is 5.93. The van der Waals surface area contributed by atoms with Gasteiger partial charge in [-0.3, -0.25) is 24.0 Å². The molecule has 0 aliphatic heterocycles. The molecule has 0 saturated carbocycles. The van der Waals surface area contributed by atoms with Crippen molar-refractivity contribution in [1.82, 2.24) is 31.5 Å². The second kappa shape index (κ2) is 41.4. The molecule has 6 amide bonds. The molecule has 4 rings (SSSR count). The first-order valence-corrected chi connectivity index (χ1v) is 26.5. The van der Waals surface area contributed by atoms with Crippen molar-refractivity contribution < 1.29 is 90.8 Å². The van der Waals surface area contributed by atoms with E-state index in [1.165, 1.54) is 4.90 Å². The van der Waals surface area contributed by atoms with E-state index in [1.54, 1.807) is 37.4 Å². The van der Waals surface area contributed by atoms with Gasteiger partial charge in [0, 0.05) is 39.0 Å². The number of fused-ring (bicyclic) bond motifs is 3. The van der Waals surface area contributed by atoms with E-state index in [0.29, 0.717) is 91.5 Å². The van der Waals surface area contributed by atoms with Crippen molar-refractivity contribution >= 4 is 41.6 Å². The molecule has 0 saturated heterocycles. The molecule has 25 nitrogen and oxygen atoms in total. The van der Waals surface area contributed by atoms with Gasteiger partial charge in [-0.1, -0.05) is 78.9 Å². The third kappa shape index (κ3) is 28.5. The molecular formula is C55H78N6O19. The molecule has 0 aromatic heterocycles. The number of carboxylic acids is 1. The molecule has 3 aromatic carbocycles. The minimum absolute atomic E-state index is 0.0246. The highest BCUT2D eigenvalue weighted by Gasteiger charge is 2.30. The van der Waals surface area contributed by atoms with Gasteiger partial charge >= 0.3 is 12.1 Å². The second-order valence-corrected chi connectivity index (χ2v) is 17.5. The summed E-state index contributed by atoms with van der Waals surface area (Å²) in [5.41, 5.74) is 5.06. The van der Waals surface area contributed by atoms with Crippen LogP contribution < -0.4 is 26.6 Å². The molecule has 0 spiro atoms. The molecule has 0 heterocycles. The Labute approximate surface area is 466 Å². The number of carbonyl (C=O) groups is 7. The van der Waals surface area contributed by atoms with Crippen molar-refractivity contribution in [2.24, 2.45) is 0 Å². The van der Waals surface area contributed by atoms with Gasteiger partial charge in [0.05, 0.1) is 132 Å². The Kier molecular flexibility index (Phi) is 34.1. The summed E-state index contributed by atoms with van der Waals surface area (Å²) in [7, 11) is 1.63. The summed E-state index contributed by atoms with van der Waals surface area (Å²) in [6.07, 6.45) is -0.599. The highest BCUT2D eigenvalue weighted by atomic mass is 16.6. The molecule has 0 unspecified atom stereocenters. The van der Waals surface area contributed by atoms with Gasteiger partial charge < -0.3 is 88.7 Å². The van der Waals surface area contributed by atoms with E-state index < -0.39 is 73.9 Å². The summed E-state index contributed by atoms with van der Waals surface area (Å²) >= 11 is 0. The molecule has 442 valence electrons. The molecule has 25 heteroatoms. The molecule has 0 bridgehead atoms. The fourth-order valence-electron chi connectivity index (χ4n) is 7.60. The lowest BCUT2D eigenvalue weighted by Crippen LogP contribution is -2.52. The number of amides is 6. The van der Waals surface area contributed by atoms with E-state index in [-0.39, 0.29) is 71.6 Å². The first kappa shape index (κ1) is 65.9. The molecular weight excluding hydrogens is 1050 g/mol. The van der Waals surface area contributed by atoms with Crippen molar-refractivity contribution in [3.8, 4) is 11.1 Å². The summed E-state index contributed by atoms with van der Waals surface area (Å²) in [5.74, 6) is -4.59. The smallest absolute Gasteiger partial charge is 0.409 e. The summed E-state index contributed by atoms with van der Waals surface area (Å²) in [4.78, 5) is 88.8. The van der Waals surface area contributed by atoms with Crippen molar-refractivity contribution in [2.75, 3.05) is 172 Å². The summed E-state index contributed by atoms with van der Waals surface area (Å²) < 4.78 is 60.0. The summed E-state index contributed by atoms with van der Waals surface area (Å²) in [6, 6.07) is 23.7. The number of nitrogens with zero attached hydrogens (tertiary/aromatic N) is 1. The van der Waals surface area contributed by atoms with E-state index in [4.69, 9.17) is 57.2 Å². The molecule has 1 aliphatic carbocycles. The Bertz CT molecular complexity index is 2230. The number of methoxy groups -OCH3 is 1. The quantitative estimate of drug-likeness (QED) is 0.0334. The molecule has 0 radical (unpaired) electrons. The fourth-order valence-corrected chi connectivity index (χ4v) is 7.60. The number of hydrogen-bond donors (Lipinski definition) is 6. The van der Waals surface area contributed by atoms with Gasteiger partial charge in [0.2, 0.25) is 29.5 Å². The van der Waals surface area contributed by atoms with E-state index in [1.807, 2.05) is 36.4 Å². The predicted molar refractivity (Wildman–Crippen MR) is 287 cm³/mol. The number of carboxylic acid groups (broad SMARTS) is 1. The average molecular weight is 1130 g/mol. The fraction of sp³-hybridized carbons (Fsp3) is 0.545. The first-order valence-electron chi connectivity index (χ1n) is 26.5. The van der Waals surface area contributed by atoms with Crippen molar-refractivity contribution in [1.29, 1.82) is 0 Å². The number of nitrogens with one attached hydrogen (secondary N) is 5. The van der Waals surface area contributed by atoms with E-state index in [0.717, 1.165) is 22.3 Å². The Morgan fingerprint density at radius 2 is 0.950 bits per heavy atom. The molecule has 3 aromatic rings. The molecule has 0 fully saturated rings. The number of carbonyl (C=O) groups excluding carboxylic acids is 6. The van der Waals surface area contributed by atoms with Crippen LogP contribution in [0.5, 0.6) is 0 Å². The van der Waals surface area contributed by atoms with Crippen LogP contribution in [-0.2, 0) is 87.3 Å². The van der Waals surface area contributed by atoms with Crippen LogP contribution in [0.3, 0.4) is 0 Å². The number of benzene rings is 3. The van der Waals surface area contributed by atoms with Gasteiger partial charge in [-0.15, -0.1) is 0 Å². The van der Waals surface area contributed by atoms with Gasteiger partial charge in [0.15, 0.2) is 0 Å². The van der Waals surface area contributed by atoms with Crippen LogP contribution in [0.25, 0.3) is 11.1 Å². The van der Waals surface area contributed by atoms with Crippen LogP contribution in [0.1, 0.15) is 29.0 Å².